The number of furan rings is 1. The number of rotatable bonds is 9. The second kappa shape index (κ2) is 9.97. The molecule has 0 fully saturated rings. The molecule has 1 aromatic heterocycles. The Balaban J connectivity index is 1.97. The summed E-state index contributed by atoms with van der Waals surface area (Å²) in [6.07, 6.45) is 2.44. The van der Waals surface area contributed by atoms with E-state index >= 15 is 0 Å². The second-order valence-corrected chi connectivity index (χ2v) is 6.73. The van der Waals surface area contributed by atoms with E-state index in [-0.39, 0.29) is 11.2 Å². The van der Waals surface area contributed by atoms with Crippen LogP contribution in [0.2, 0.25) is 0 Å². The highest BCUT2D eigenvalue weighted by atomic mass is 19.1. The van der Waals surface area contributed by atoms with Crippen LogP contribution >= 0.6 is 0 Å². The van der Waals surface area contributed by atoms with E-state index in [1.165, 1.54) is 6.07 Å². The molecule has 6 heteroatoms. The van der Waals surface area contributed by atoms with Crippen LogP contribution in [0.4, 0.5) is 4.39 Å². The number of aliphatic imine (C=N–C) groups is 1. The fourth-order valence-corrected chi connectivity index (χ4v) is 2.48. The number of ether oxygens (including phenoxy) is 1. The molecule has 2 N–H and O–H groups in total. The fraction of sp³-hybridized carbons (Fsp3) is 0.450. The minimum Gasteiger partial charge on any atom is -0.469 e. The third kappa shape index (κ3) is 6.52. The van der Waals surface area contributed by atoms with Crippen LogP contribution in [0.1, 0.15) is 25.2 Å². The quantitative estimate of drug-likeness (QED) is 0.409. The van der Waals surface area contributed by atoms with Crippen molar-refractivity contribution in [1.82, 2.24) is 10.6 Å². The number of hydrogen-bond acceptors (Lipinski definition) is 3. The molecule has 1 heterocycles. The van der Waals surface area contributed by atoms with Gasteiger partial charge in [-0.25, -0.2) is 4.39 Å². The molecule has 0 bridgehead atoms. The lowest BCUT2D eigenvalue weighted by Crippen LogP contribution is -2.41. The van der Waals surface area contributed by atoms with Gasteiger partial charge >= 0.3 is 0 Å². The van der Waals surface area contributed by atoms with Gasteiger partial charge in [0.15, 0.2) is 5.96 Å². The predicted octanol–water partition coefficient (Wildman–Crippen LogP) is 3.12. The maximum atomic E-state index is 13.5. The van der Waals surface area contributed by atoms with Crippen LogP contribution in [0.25, 0.3) is 0 Å². The Morgan fingerprint density at radius 1 is 1.19 bits per heavy atom. The molecule has 2 rings (SSSR count). The van der Waals surface area contributed by atoms with E-state index < -0.39 is 0 Å². The largest absolute Gasteiger partial charge is 0.469 e. The first-order valence-corrected chi connectivity index (χ1v) is 8.81. The van der Waals surface area contributed by atoms with Gasteiger partial charge in [-0.2, -0.15) is 0 Å². The van der Waals surface area contributed by atoms with Gasteiger partial charge < -0.3 is 19.8 Å². The van der Waals surface area contributed by atoms with Crippen LogP contribution in [-0.4, -0.2) is 39.3 Å². The fourth-order valence-electron chi connectivity index (χ4n) is 2.48. The van der Waals surface area contributed by atoms with E-state index in [4.69, 9.17) is 9.15 Å². The lowest BCUT2D eigenvalue weighted by Gasteiger charge is -2.24. The van der Waals surface area contributed by atoms with Gasteiger partial charge in [0.1, 0.15) is 11.6 Å². The molecule has 0 spiro atoms. The molecule has 0 unspecified atom stereocenters. The van der Waals surface area contributed by atoms with E-state index in [2.05, 4.69) is 29.5 Å². The van der Waals surface area contributed by atoms with Crippen LogP contribution in [0.15, 0.2) is 52.1 Å². The SMILES string of the molecule is COCCNC(=NCC(C)(C)c1cccc(F)c1)NCCc1ccco1. The van der Waals surface area contributed by atoms with Gasteiger partial charge in [-0.3, -0.25) is 4.99 Å². The zero-order chi connectivity index (χ0) is 18.8. The molecule has 0 aliphatic rings. The standard InChI is InChI=1S/C20H28FN3O2/c1-20(2,16-6-4-7-17(21)14-16)15-24-19(23-11-13-25-3)22-10-9-18-8-5-12-26-18/h4-8,12,14H,9-11,13,15H2,1-3H3,(H2,22,23,24). The van der Waals surface area contributed by atoms with E-state index in [9.17, 15) is 4.39 Å². The van der Waals surface area contributed by atoms with Gasteiger partial charge in [-0.1, -0.05) is 26.0 Å². The number of halogens is 1. The molecule has 0 aliphatic heterocycles. The molecule has 2 aromatic rings. The Morgan fingerprint density at radius 2 is 2.00 bits per heavy atom. The zero-order valence-electron chi connectivity index (χ0n) is 15.7. The number of guanidine groups is 1. The minimum atomic E-state index is -0.279. The van der Waals surface area contributed by atoms with Crippen LogP contribution in [0.5, 0.6) is 0 Å². The Kier molecular flexibility index (Phi) is 7.66. The van der Waals surface area contributed by atoms with Crippen LogP contribution in [0, 0.1) is 5.82 Å². The number of benzene rings is 1. The Labute approximate surface area is 154 Å². The predicted molar refractivity (Wildman–Crippen MR) is 102 cm³/mol. The first-order chi connectivity index (χ1) is 12.5. The van der Waals surface area contributed by atoms with Crippen molar-refractivity contribution in [1.29, 1.82) is 0 Å². The van der Waals surface area contributed by atoms with Crippen LogP contribution in [-0.2, 0) is 16.6 Å². The highest BCUT2D eigenvalue weighted by Gasteiger charge is 2.21. The molecule has 5 nitrogen and oxygen atoms in total. The van der Waals surface area contributed by atoms with Crippen molar-refractivity contribution in [3.63, 3.8) is 0 Å². The molecule has 0 aliphatic carbocycles. The highest BCUT2D eigenvalue weighted by Crippen LogP contribution is 2.24. The number of nitrogens with zero attached hydrogens (tertiary/aromatic N) is 1. The third-order valence-electron chi connectivity index (χ3n) is 4.08. The van der Waals surface area contributed by atoms with Gasteiger partial charge in [0, 0.05) is 32.0 Å². The molecule has 0 amide bonds. The van der Waals surface area contributed by atoms with Crippen LogP contribution < -0.4 is 10.6 Å². The van der Waals surface area contributed by atoms with Crippen molar-refractivity contribution in [3.8, 4) is 0 Å². The average Bonchev–Trinajstić information content (AvgIpc) is 3.13. The highest BCUT2D eigenvalue weighted by molar-refractivity contribution is 5.79. The molecule has 0 saturated heterocycles. The summed E-state index contributed by atoms with van der Waals surface area (Å²) in [6, 6.07) is 10.5. The number of nitrogens with one attached hydrogen (secondary N) is 2. The molecule has 26 heavy (non-hydrogen) atoms. The lowest BCUT2D eigenvalue weighted by molar-refractivity contribution is 0.203. The summed E-state index contributed by atoms with van der Waals surface area (Å²) in [7, 11) is 1.66. The van der Waals surface area contributed by atoms with E-state index in [0.29, 0.717) is 32.2 Å². The van der Waals surface area contributed by atoms with Gasteiger partial charge in [-0.05, 0) is 29.8 Å². The summed E-state index contributed by atoms with van der Waals surface area (Å²) in [4.78, 5) is 4.68. The normalized spacial score (nSPS) is 12.2. The maximum absolute atomic E-state index is 13.5. The van der Waals surface area contributed by atoms with Gasteiger partial charge in [-0.15, -0.1) is 0 Å². The van der Waals surface area contributed by atoms with Crippen molar-refractivity contribution in [2.45, 2.75) is 25.7 Å². The monoisotopic (exact) mass is 361 g/mol. The summed E-state index contributed by atoms with van der Waals surface area (Å²) in [5.41, 5.74) is 0.645. The summed E-state index contributed by atoms with van der Waals surface area (Å²) in [5.74, 6) is 1.40. The summed E-state index contributed by atoms with van der Waals surface area (Å²) in [5, 5.41) is 6.55. The first kappa shape index (κ1) is 20.0. The molecule has 0 saturated carbocycles. The third-order valence-corrected chi connectivity index (χ3v) is 4.08. The Morgan fingerprint density at radius 3 is 2.69 bits per heavy atom. The molecule has 142 valence electrons. The zero-order valence-corrected chi connectivity index (χ0v) is 15.7. The van der Waals surface area contributed by atoms with Crippen molar-refractivity contribution < 1.29 is 13.5 Å². The summed E-state index contributed by atoms with van der Waals surface area (Å²) < 4.78 is 23.9. The maximum Gasteiger partial charge on any atom is 0.191 e. The Bertz CT molecular complexity index is 684. The lowest BCUT2D eigenvalue weighted by atomic mass is 9.85. The molecule has 1 aromatic carbocycles. The summed E-state index contributed by atoms with van der Waals surface area (Å²) in [6.45, 7) is 6.59. The van der Waals surface area contributed by atoms with E-state index in [1.54, 1.807) is 25.5 Å². The molecular weight excluding hydrogens is 333 g/mol. The number of methoxy groups -OCH3 is 1. The minimum absolute atomic E-state index is 0.227. The Hall–Kier alpha value is -2.34. The van der Waals surface area contributed by atoms with Gasteiger partial charge in [0.2, 0.25) is 0 Å². The molecule has 0 atom stereocenters. The first-order valence-electron chi connectivity index (χ1n) is 8.81. The van der Waals surface area contributed by atoms with Gasteiger partial charge in [0.25, 0.3) is 0 Å². The molecular formula is C20H28FN3O2. The topological polar surface area (TPSA) is 58.8 Å². The average molecular weight is 361 g/mol. The van der Waals surface area contributed by atoms with Crippen molar-refractivity contribution >= 4 is 5.96 Å². The van der Waals surface area contributed by atoms with Crippen molar-refractivity contribution in [3.05, 3.63) is 59.8 Å². The summed E-state index contributed by atoms with van der Waals surface area (Å²) >= 11 is 0. The van der Waals surface area contributed by atoms with Gasteiger partial charge in [0.05, 0.1) is 19.4 Å². The number of hydrogen-bond donors (Lipinski definition) is 2. The second-order valence-electron chi connectivity index (χ2n) is 6.73. The molecule has 0 radical (unpaired) electrons. The smallest absolute Gasteiger partial charge is 0.191 e. The van der Waals surface area contributed by atoms with E-state index in [0.717, 1.165) is 17.7 Å². The van der Waals surface area contributed by atoms with Crippen LogP contribution in [0.3, 0.4) is 0 Å². The van der Waals surface area contributed by atoms with E-state index in [1.807, 2.05) is 18.2 Å². The van der Waals surface area contributed by atoms with Crippen molar-refractivity contribution in [2.75, 3.05) is 33.4 Å². The van der Waals surface area contributed by atoms with Crippen molar-refractivity contribution in [2.24, 2.45) is 4.99 Å².